The van der Waals surface area contributed by atoms with Gasteiger partial charge in [-0.05, 0) is 31.7 Å². The Kier molecular flexibility index (Phi) is 7.56. The predicted octanol–water partition coefficient (Wildman–Crippen LogP) is 3.63. The summed E-state index contributed by atoms with van der Waals surface area (Å²) in [6.45, 7) is 6.92. The van der Waals surface area contributed by atoms with Gasteiger partial charge >= 0.3 is 5.97 Å². The van der Waals surface area contributed by atoms with E-state index in [1.54, 1.807) is 19.1 Å². The summed E-state index contributed by atoms with van der Waals surface area (Å²) in [4.78, 5) is 34.1. The van der Waals surface area contributed by atoms with Gasteiger partial charge in [0.05, 0.1) is 30.3 Å². The van der Waals surface area contributed by atoms with Crippen LogP contribution in [0.5, 0.6) is 0 Å². The first-order valence-corrected chi connectivity index (χ1v) is 11.2. The molecule has 0 N–H and O–H groups in total. The lowest BCUT2D eigenvalue weighted by Gasteiger charge is -2.36. The first-order valence-electron chi connectivity index (χ1n) is 10.3. The van der Waals surface area contributed by atoms with E-state index in [2.05, 4.69) is 4.99 Å². The predicted molar refractivity (Wildman–Crippen MR) is 122 cm³/mol. The third-order valence-corrected chi connectivity index (χ3v) is 6.26. The zero-order chi connectivity index (χ0) is 22.5. The van der Waals surface area contributed by atoms with Crippen LogP contribution in [-0.2, 0) is 19.1 Å². The van der Waals surface area contributed by atoms with Crippen molar-refractivity contribution in [2.75, 3.05) is 33.9 Å². The highest BCUT2D eigenvalue weighted by atomic mass is 32.2. The molecule has 0 aliphatic carbocycles. The molecular weight excluding hydrogens is 414 g/mol. The molecule has 1 amide bonds. The number of amidine groups is 1. The van der Waals surface area contributed by atoms with Crippen molar-refractivity contribution >= 4 is 28.8 Å². The van der Waals surface area contributed by atoms with Gasteiger partial charge in [-0.15, -0.1) is 0 Å². The number of nitrogens with zero attached hydrogens (tertiary/aromatic N) is 3. The molecule has 0 saturated carbocycles. The van der Waals surface area contributed by atoms with E-state index in [0.29, 0.717) is 24.4 Å². The number of fused-ring (bicyclic) bond motifs is 1. The lowest BCUT2D eigenvalue weighted by Crippen LogP contribution is -2.38. The zero-order valence-corrected chi connectivity index (χ0v) is 19.5. The van der Waals surface area contributed by atoms with Crippen molar-refractivity contribution in [2.45, 2.75) is 33.2 Å². The molecule has 8 heteroatoms. The topological polar surface area (TPSA) is 71.4 Å². The minimum atomic E-state index is -0.420. The third-order valence-electron chi connectivity index (χ3n) is 5.37. The number of carbonyl (C=O) groups is 2. The van der Waals surface area contributed by atoms with E-state index in [9.17, 15) is 9.59 Å². The number of benzene rings is 1. The Morgan fingerprint density at radius 2 is 1.90 bits per heavy atom. The third kappa shape index (κ3) is 5.02. The molecule has 1 unspecified atom stereocenters. The smallest absolute Gasteiger partial charge is 0.338 e. The molecule has 166 valence electrons. The van der Waals surface area contributed by atoms with Crippen LogP contribution in [0.25, 0.3) is 0 Å². The van der Waals surface area contributed by atoms with E-state index in [1.807, 2.05) is 55.3 Å². The second kappa shape index (κ2) is 10.2. The highest BCUT2D eigenvalue weighted by Crippen LogP contribution is 2.44. The monoisotopic (exact) mass is 443 g/mol. The number of hydrogen-bond donors (Lipinski definition) is 0. The van der Waals surface area contributed by atoms with Crippen LogP contribution in [0.4, 0.5) is 0 Å². The standard InChI is InChI=1S/C23H29N3O4S/c1-6-25(4)19(27)13-18-14-31-23-24-16(3)20(22(28)30-12-11-29-5)21(26(18)23)17-9-7-15(2)8-10-17/h7-10,14,21H,6,11-13H2,1-5H3. The highest BCUT2D eigenvalue weighted by Gasteiger charge is 2.41. The Labute approximate surface area is 187 Å². The lowest BCUT2D eigenvalue weighted by molar-refractivity contribution is -0.141. The molecule has 1 atom stereocenters. The first kappa shape index (κ1) is 23.1. The fraction of sp³-hybridized carbons (Fsp3) is 0.435. The van der Waals surface area contributed by atoms with Crippen LogP contribution in [0.1, 0.15) is 37.4 Å². The van der Waals surface area contributed by atoms with Gasteiger partial charge < -0.3 is 19.3 Å². The molecule has 31 heavy (non-hydrogen) atoms. The van der Waals surface area contributed by atoms with Gasteiger partial charge in [-0.1, -0.05) is 41.6 Å². The van der Waals surface area contributed by atoms with Crippen molar-refractivity contribution in [3.8, 4) is 0 Å². The highest BCUT2D eigenvalue weighted by molar-refractivity contribution is 8.16. The second-order valence-electron chi connectivity index (χ2n) is 7.52. The Bertz CT molecular complexity index is 937. The Hall–Kier alpha value is -2.58. The summed E-state index contributed by atoms with van der Waals surface area (Å²) < 4.78 is 10.5. The Balaban J connectivity index is 2.00. The molecule has 0 radical (unpaired) electrons. The van der Waals surface area contributed by atoms with E-state index in [0.717, 1.165) is 22.0 Å². The minimum absolute atomic E-state index is 0.0220. The van der Waals surface area contributed by atoms with Crippen molar-refractivity contribution in [3.05, 3.63) is 57.8 Å². The summed E-state index contributed by atoms with van der Waals surface area (Å²) in [5, 5.41) is 2.71. The molecule has 2 aliphatic heterocycles. The van der Waals surface area contributed by atoms with Gasteiger partial charge in [0.15, 0.2) is 5.17 Å². The van der Waals surface area contributed by atoms with Gasteiger partial charge in [0, 0.05) is 26.4 Å². The van der Waals surface area contributed by atoms with Crippen LogP contribution in [0.2, 0.25) is 0 Å². The maximum atomic E-state index is 13.1. The number of ether oxygens (including phenoxy) is 2. The molecule has 3 rings (SSSR count). The number of carbonyl (C=O) groups excluding carboxylic acids is 2. The van der Waals surface area contributed by atoms with Gasteiger partial charge in [-0.2, -0.15) is 0 Å². The first-order chi connectivity index (χ1) is 14.9. The van der Waals surface area contributed by atoms with Crippen molar-refractivity contribution in [1.82, 2.24) is 9.80 Å². The van der Waals surface area contributed by atoms with E-state index >= 15 is 0 Å². The maximum absolute atomic E-state index is 13.1. The maximum Gasteiger partial charge on any atom is 0.338 e. The summed E-state index contributed by atoms with van der Waals surface area (Å²) in [6, 6.07) is 7.65. The van der Waals surface area contributed by atoms with E-state index in [1.165, 1.54) is 11.8 Å². The van der Waals surface area contributed by atoms with Crippen LogP contribution in [0.15, 0.2) is 51.6 Å². The molecule has 0 spiro atoms. The summed E-state index contributed by atoms with van der Waals surface area (Å²) in [7, 11) is 3.35. The number of thioether (sulfide) groups is 1. The number of amides is 1. The fourth-order valence-electron chi connectivity index (χ4n) is 3.46. The molecule has 0 fully saturated rings. The Morgan fingerprint density at radius 3 is 2.55 bits per heavy atom. The van der Waals surface area contributed by atoms with Crippen LogP contribution < -0.4 is 0 Å². The SMILES string of the molecule is CCN(C)C(=O)CC1=CSC2=NC(C)=C(C(=O)OCCOC)C(c3ccc(C)cc3)N12. The van der Waals surface area contributed by atoms with Crippen molar-refractivity contribution < 1.29 is 19.1 Å². The number of aliphatic imine (C=N–C) groups is 1. The molecule has 0 aromatic heterocycles. The summed E-state index contributed by atoms with van der Waals surface area (Å²) in [5.41, 5.74) is 4.01. The molecular formula is C23H29N3O4S. The Morgan fingerprint density at radius 1 is 1.19 bits per heavy atom. The number of allylic oxidation sites excluding steroid dienone is 1. The van der Waals surface area contributed by atoms with Gasteiger partial charge in [-0.3, -0.25) is 4.79 Å². The van der Waals surface area contributed by atoms with Gasteiger partial charge in [0.1, 0.15) is 6.61 Å². The lowest BCUT2D eigenvalue weighted by atomic mass is 9.93. The number of rotatable bonds is 8. The minimum Gasteiger partial charge on any atom is -0.460 e. The van der Waals surface area contributed by atoms with Crippen molar-refractivity contribution in [2.24, 2.45) is 4.99 Å². The van der Waals surface area contributed by atoms with Crippen LogP contribution >= 0.6 is 11.8 Å². The number of aryl methyl sites for hydroxylation is 1. The molecule has 0 bridgehead atoms. The molecule has 2 aliphatic rings. The molecule has 1 aromatic carbocycles. The number of hydrogen-bond acceptors (Lipinski definition) is 7. The molecule has 2 heterocycles. The average Bonchev–Trinajstić information content (AvgIpc) is 3.14. The van der Waals surface area contributed by atoms with Gasteiger partial charge in [0.2, 0.25) is 5.91 Å². The van der Waals surface area contributed by atoms with E-state index in [4.69, 9.17) is 9.47 Å². The largest absolute Gasteiger partial charge is 0.460 e. The van der Waals surface area contributed by atoms with Gasteiger partial charge in [0.25, 0.3) is 0 Å². The number of esters is 1. The number of methoxy groups -OCH3 is 1. The summed E-state index contributed by atoms with van der Waals surface area (Å²) in [5.74, 6) is -0.398. The second-order valence-corrected chi connectivity index (χ2v) is 8.35. The summed E-state index contributed by atoms with van der Waals surface area (Å²) in [6.07, 6.45) is 0.240. The van der Waals surface area contributed by atoms with Crippen molar-refractivity contribution in [3.63, 3.8) is 0 Å². The zero-order valence-electron chi connectivity index (χ0n) is 18.7. The van der Waals surface area contributed by atoms with Crippen LogP contribution in [0.3, 0.4) is 0 Å². The van der Waals surface area contributed by atoms with Crippen molar-refractivity contribution in [1.29, 1.82) is 0 Å². The van der Waals surface area contributed by atoms with E-state index < -0.39 is 12.0 Å². The van der Waals surface area contributed by atoms with Gasteiger partial charge in [-0.25, -0.2) is 9.79 Å². The average molecular weight is 444 g/mol. The fourth-order valence-corrected chi connectivity index (χ4v) is 4.42. The molecule has 1 aromatic rings. The van der Waals surface area contributed by atoms with Crippen LogP contribution in [0, 0.1) is 6.92 Å². The molecule has 0 saturated heterocycles. The summed E-state index contributed by atoms with van der Waals surface area (Å²) >= 11 is 1.47. The molecule has 7 nitrogen and oxygen atoms in total. The van der Waals surface area contributed by atoms with Crippen LogP contribution in [-0.4, -0.2) is 60.8 Å². The van der Waals surface area contributed by atoms with E-state index in [-0.39, 0.29) is 18.9 Å². The normalized spacial score (nSPS) is 17.8. The quantitative estimate of drug-likeness (QED) is 0.451.